The summed E-state index contributed by atoms with van der Waals surface area (Å²) >= 11 is 0. The van der Waals surface area contributed by atoms with E-state index in [2.05, 4.69) is 55.0 Å². The van der Waals surface area contributed by atoms with Crippen molar-refractivity contribution in [2.75, 3.05) is 26.7 Å². The van der Waals surface area contributed by atoms with Crippen molar-refractivity contribution in [1.29, 1.82) is 0 Å². The SMILES string of the molecule is CC(C)c1ccc([C@](O)(c2cnnc(Oc3ccc4c(c3)CCCO4)c2)C2(C)CN(C)C2)cc1. The maximum absolute atomic E-state index is 12.4. The molecule has 3 heterocycles. The Balaban J connectivity index is 1.50. The maximum atomic E-state index is 12.4. The van der Waals surface area contributed by atoms with Crippen molar-refractivity contribution in [2.45, 2.75) is 45.1 Å². The smallest absolute Gasteiger partial charge is 0.239 e. The lowest BCUT2D eigenvalue weighted by Crippen LogP contribution is -2.63. The summed E-state index contributed by atoms with van der Waals surface area (Å²) < 4.78 is 11.8. The molecule has 0 saturated carbocycles. The van der Waals surface area contributed by atoms with E-state index in [1.165, 1.54) is 5.56 Å². The molecular weight excluding hydrogens is 426 g/mol. The molecule has 1 N–H and O–H groups in total. The van der Waals surface area contributed by atoms with Gasteiger partial charge in [0.25, 0.3) is 0 Å². The molecule has 1 atom stereocenters. The minimum atomic E-state index is -1.23. The van der Waals surface area contributed by atoms with Crippen LogP contribution in [0.5, 0.6) is 17.4 Å². The monoisotopic (exact) mass is 459 g/mol. The van der Waals surface area contributed by atoms with Crippen molar-refractivity contribution >= 4 is 0 Å². The summed E-state index contributed by atoms with van der Waals surface area (Å²) in [5.74, 6) is 2.40. The van der Waals surface area contributed by atoms with E-state index in [-0.39, 0.29) is 5.41 Å². The summed E-state index contributed by atoms with van der Waals surface area (Å²) in [6.07, 6.45) is 3.63. The molecule has 2 aromatic carbocycles. The first-order valence-corrected chi connectivity index (χ1v) is 12.1. The quantitative estimate of drug-likeness (QED) is 0.565. The number of aryl methyl sites for hydroxylation is 1. The molecule has 2 aliphatic heterocycles. The number of fused-ring (bicyclic) bond motifs is 1. The van der Waals surface area contributed by atoms with Crippen LogP contribution in [-0.4, -0.2) is 46.9 Å². The molecule has 1 aromatic heterocycles. The summed E-state index contributed by atoms with van der Waals surface area (Å²) in [7, 11) is 2.07. The molecule has 2 aliphatic rings. The minimum absolute atomic E-state index is 0.364. The lowest BCUT2D eigenvalue weighted by molar-refractivity contribution is -0.127. The zero-order valence-electron chi connectivity index (χ0n) is 20.4. The highest BCUT2D eigenvalue weighted by Crippen LogP contribution is 2.50. The first-order valence-electron chi connectivity index (χ1n) is 12.1. The third-order valence-electron chi connectivity index (χ3n) is 7.26. The Morgan fingerprint density at radius 2 is 1.85 bits per heavy atom. The second-order valence-corrected chi connectivity index (χ2v) is 10.3. The van der Waals surface area contributed by atoms with Gasteiger partial charge in [-0.25, -0.2) is 0 Å². The lowest BCUT2D eigenvalue weighted by Gasteiger charge is -2.55. The largest absolute Gasteiger partial charge is 0.493 e. The van der Waals surface area contributed by atoms with Gasteiger partial charge < -0.3 is 19.5 Å². The zero-order valence-corrected chi connectivity index (χ0v) is 20.4. The predicted molar refractivity (Wildman–Crippen MR) is 131 cm³/mol. The van der Waals surface area contributed by atoms with Gasteiger partial charge in [-0.15, -0.1) is 5.10 Å². The summed E-state index contributed by atoms with van der Waals surface area (Å²) in [6, 6.07) is 16.0. The molecule has 0 bridgehead atoms. The maximum Gasteiger partial charge on any atom is 0.239 e. The Hall–Kier alpha value is -2.96. The van der Waals surface area contributed by atoms with Gasteiger partial charge in [0, 0.05) is 30.1 Å². The molecule has 0 unspecified atom stereocenters. The van der Waals surface area contributed by atoms with E-state index < -0.39 is 5.60 Å². The molecule has 0 radical (unpaired) electrons. The second kappa shape index (κ2) is 8.67. The van der Waals surface area contributed by atoms with E-state index in [1.807, 2.05) is 36.4 Å². The number of benzene rings is 2. The average molecular weight is 460 g/mol. The number of likely N-dealkylation sites (tertiary alicyclic amines) is 1. The van der Waals surface area contributed by atoms with Crippen molar-refractivity contribution in [3.63, 3.8) is 0 Å². The van der Waals surface area contributed by atoms with Crippen molar-refractivity contribution in [3.8, 4) is 17.4 Å². The number of hydrogen-bond acceptors (Lipinski definition) is 6. The van der Waals surface area contributed by atoms with Crippen LogP contribution in [0.4, 0.5) is 0 Å². The summed E-state index contributed by atoms with van der Waals surface area (Å²) in [6.45, 7) is 8.79. The fraction of sp³-hybridized carbons (Fsp3) is 0.429. The normalized spacial score (nSPS) is 19.0. The summed E-state index contributed by atoms with van der Waals surface area (Å²) in [5, 5.41) is 20.8. The van der Waals surface area contributed by atoms with E-state index in [0.717, 1.165) is 49.4 Å². The Kier molecular flexibility index (Phi) is 5.82. The van der Waals surface area contributed by atoms with E-state index >= 15 is 0 Å². The molecule has 0 spiro atoms. The van der Waals surface area contributed by atoms with Crippen LogP contribution in [-0.2, 0) is 12.0 Å². The topological polar surface area (TPSA) is 67.7 Å². The molecule has 5 rings (SSSR count). The third-order valence-corrected chi connectivity index (χ3v) is 7.26. The van der Waals surface area contributed by atoms with Gasteiger partial charge in [0.1, 0.15) is 17.1 Å². The average Bonchev–Trinajstić information content (AvgIpc) is 2.82. The Bertz CT molecular complexity index is 1170. The molecule has 178 valence electrons. The number of aliphatic hydroxyl groups is 1. The van der Waals surface area contributed by atoms with Gasteiger partial charge in [-0.2, -0.15) is 5.10 Å². The molecule has 6 nitrogen and oxygen atoms in total. The predicted octanol–water partition coefficient (Wildman–Crippen LogP) is 4.90. The van der Waals surface area contributed by atoms with Crippen LogP contribution in [0.25, 0.3) is 0 Å². The Morgan fingerprint density at radius 3 is 2.56 bits per heavy atom. The van der Waals surface area contributed by atoms with Crippen LogP contribution in [0.1, 0.15) is 55.4 Å². The van der Waals surface area contributed by atoms with Crippen molar-refractivity contribution in [2.24, 2.45) is 5.41 Å². The molecule has 0 aliphatic carbocycles. The fourth-order valence-corrected chi connectivity index (χ4v) is 5.46. The Morgan fingerprint density at radius 1 is 1.09 bits per heavy atom. The molecule has 0 amide bonds. The van der Waals surface area contributed by atoms with Crippen LogP contribution >= 0.6 is 0 Å². The number of hydrogen-bond donors (Lipinski definition) is 1. The van der Waals surface area contributed by atoms with E-state index in [9.17, 15) is 5.11 Å². The number of aromatic nitrogens is 2. The van der Waals surface area contributed by atoms with E-state index in [4.69, 9.17) is 9.47 Å². The van der Waals surface area contributed by atoms with Gasteiger partial charge in [-0.1, -0.05) is 45.0 Å². The molecule has 34 heavy (non-hydrogen) atoms. The molecule has 1 saturated heterocycles. The van der Waals surface area contributed by atoms with Crippen LogP contribution in [0.2, 0.25) is 0 Å². The van der Waals surface area contributed by atoms with Gasteiger partial charge in [-0.05, 0) is 60.7 Å². The first kappa shape index (κ1) is 22.8. The number of ether oxygens (including phenoxy) is 2. The van der Waals surface area contributed by atoms with Crippen LogP contribution in [0.3, 0.4) is 0 Å². The highest BCUT2D eigenvalue weighted by atomic mass is 16.5. The highest BCUT2D eigenvalue weighted by Gasteiger charge is 2.55. The standard InChI is InChI=1S/C28H33N3O3/c1-19(2)20-7-9-22(10-8-20)28(32,27(3)17-31(4)18-27)23-15-26(30-29-16-23)34-24-11-12-25-21(14-24)6-5-13-33-25/h7-12,14-16,19,32H,5-6,13,17-18H2,1-4H3/t28-/m0/s1. The second-order valence-electron chi connectivity index (χ2n) is 10.3. The van der Waals surface area contributed by atoms with E-state index in [0.29, 0.717) is 23.1 Å². The van der Waals surface area contributed by atoms with Crippen LogP contribution < -0.4 is 9.47 Å². The van der Waals surface area contributed by atoms with Gasteiger partial charge in [-0.3, -0.25) is 0 Å². The summed E-state index contributed by atoms with van der Waals surface area (Å²) in [4.78, 5) is 2.22. The third kappa shape index (κ3) is 3.95. The number of nitrogens with zero attached hydrogens (tertiary/aromatic N) is 3. The Labute approximate surface area is 201 Å². The van der Waals surface area contributed by atoms with Gasteiger partial charge >= 0.3 is 0 Å². The summed E-state index contributed by atoms with van der Waals surface area (Å²) in [5.41, 5.74) is 2.33. The molecular formula is C28H33N3O3. The van der Waals surface area contributed by atoms with E-state index in [1.54, 1.807) is 6.20 Å². The van der Waals surface area contributed by atoms with Gasteiger partial charge in [0.2, 0.25) is 5.88 Å². The molecule has 1 fully saturated rings. The van der Waals surface area contributed by atoms with Gasteiger partial charge in [0.05, 0.1) is 12.8 Å². The highest BCUT2D eigenvalue weighted by molar-refractivity contribution is 5.44. The van der Waals surface area contributed by atoms with Crippen molar-refractivity contribution in [3.05, 3.63) is 77.0 Å². The van der Waals surface area contributed by atoms with Crippen molar-refractivity contribution < 1.29 is 14.6 Å². The fourth-order valence-electron chi connectivity index (χ4n) is 5.46. The molecule has 3 aromatic rings. The van der Waals surface area contributed by atoms with Crippen LogP contribution in [0, 0.1) is 5.41 Å². The zero-order chi connectivity index (χ0) is 23.9. The minimum Gasteiger partial charge on any atom is -0.493 e. The first-order chi connectivity index (χ1) is 16.3. The van der Waals surface area contributed by atoms with Gasteiger partial charge in [0.15, 0.2) is 0 Å². The van der Waals surface area contributed by atoms with Crippen LogP contribution in [0.15, 0.2) is 54.7 Å². The molecule has 6 heteroatoms. The lowest BCUT2D eigenvalue weighted by atomic mass is 9.62. The van der Waals surface area contributed by atoms with Crippen molar-refractivity contribution in [1.82, 2.24) is 15.1 Å². The number of rotatable bonds is 6.